The van der Waals surface area contributed by atoms with Gasteiger partial charge in [-0.15, -0.1) is 0 Å². The molecule has 1 aliphatic heterocycles. The van der Waals surface area contributed by atoms with Gasteiger partial charge in [0, 0.05) is 35.9 Å². The summed E-state index contributed by atoms with van der Waals surface area (Å²) in [5.74, 6) is 1.27. The van der Waals surface area contributed by atoms with Crippen molar-refractivity contribution in [1.29, 1.82) is 0 Å². The maximum absolute atomic E-state index is 12.3. The SMILES string of the molecule is Cc1cc2c(S(C)(=O)=O)cccc2n1-c1nc2c(c(NCc3ccccc3)n1)COCC2. The minimum atomic E-state index is -3.36. The maximum atomic E-state index is 12.3. The van der Waals surface area contributed by atoms with Crippen molar-refractivity contribution in [1.82, 2.24) is 14.5 Å². The van der Waals surface area contributed by atoms with Crippen molar-refractivity contribution in [2.45, 2.75) is 31.4 Å². The highest BCUT2D eigenvalue weighted by Gasteiger charge is 2.22. The van der Waals surface area contributed by atoms with E-state index in [1.165, 1.54) is 6.26 Å². The lowest BCUT2D eigenvalue weighted by Crippen LogP contribution is -2.19. The number of nitrogens with one attached hydrogen (secondary N) is 1. The number of benzene rings is 2. The summed E-state index contributed by atoms with van der Waals surface area (Å²) in [7, 11) is -3.36. The molecule has 0 bridgehead atoms. The van der Waals surface area contributed by atoms with E-state index in [4.69, 9.17) is 14.7 Å². The molecule has 0 fully saturated rings. The van der Waals surface area contributed by atoms with Crippen LogP contribution in [0.2, 0.25) is 0 Å². The van der Waals surface area contributed by atoms with Gasteiger partial charge in [-0.2, -0.15) is 4.98 Å². The monoisotopic (exact) mass is 448 g/mol. The normalized spacial score (nSPS) is 13.8. The van der Waals surface area contributed by atoms with E-state index in [0.717, 1.165) is 33.8 Å². The number of hydrogen-bond donors (Lipinski definition) is 1. The second-order valence-electron chi connectivity index (χ2n) is 8.02. The van der Waals surface area contributed by atoms with Crippen molar-refractivity contribution < 1.29 is 13.2 Å². The predicted molar refractivity (Wildman–Crippen MR) is 124 cm³/mol. The zero-order valence-corrected chi connectivity index (χ0v) is 18.8. The van der Waals surface area contributed by atoms with Crippen LogP contribution in [0.15, 0.2) is 59.5 Å². The Morgan fingerprint density at radius 1 is 1.09 bits per heavy atom. The molecule has 32 heavy (non-hydrogen) atoms. The van der Waals surface area contributed by atoms with Gasteiger partial charge in [0.2, 0.25) is 5.95 Å². The molecular weight excluding hydrogens is 424 g/mol. The molecule has 0 aliphatic carbocycles. The molecule has 0 atom stereocenters. The third kappa shape index (κ3) is 3.76. The number of rotatable bonds is 5. The van der Waals surface area contributed by atoms with E-state index in [0.29, 0.717) is 42.4 Å². The van der Waals surface area contributed by atoms with Gasteiger partial charge in [0.05, 0.1) is 29.3 Å². The molecular formula is C24H24N4O3S. The molecule has 0 saturated carbocycles. The summed E-state index contributed by atoms with van der Waals surface area (Å²) in [6.07, 6.45) is 1.94. The van der Waals surface area contributed by atoms with Crippen LogP contribution >= 0.6 is 0 Å². The molecule has 164 valence electrons. The number of sulfone groups is 1. The number of aryl methyl sites for hydroxylation is 1. The van der Waals surface area contributed by atoms with Crippen molar-refractivity contribution in [3.8, 4) is 5.95 Å². The smallest absolute Gasteiger partial charge is 0.236 e. The summed E-state index contributed by atoms with van der Waals surface area (Å²) >= 11 is 0. The molecule has 8 heteroatoms. The first-order valence-electron chi connectivity index (χ1n) is 10.5. The standard InChI is InChI=1S/C24H24N4O3S/c1-16-13-18-21(9-6-10-22(18)32(2,29)30)28(16)24-26-20-11-12-31-15-19(20)23(27-24)25-14-17-7-4-3-5-8-17/h3-10,13H,11-12,14-15H2,1-2H3,(H,25,26,27). The molecule has 5 rings (SSSR count). The van der Waals surface area contributed by atoms with Gasteiger partial charge >= 0.3 is 0 Å². The first kappa shape index (κ1) is 20.7. The number of hydrogen-bond acceptors (Lipinski definition) is 6. The molecule has 2 aromatic heterocycles. The lowest BCUT2D eigenvalue weighted by molar-refractivity contribution is 0.109. The summed E-state index contributed by atoms with van der Waals surface area (Å²) < 4.78 is 32.2. The minimum Gasteiger partial charge on any atom is -0.376 e. The van der Waals surface area contributed by atoms with E-state index in [9.17, 15) is 8.42 Å². The lowest BCUT2D eigenvalue weighted by atomic mass is 10.1. The van der Waals surface area contributed by atoms with Gasteiger partial charge in [0.25, 0.3) is 0 Å². The number of fused-ring (bicyclic) bond motifs is 2. The Balaban J connectivity index is 1.64. The summed E-state index contributed by atoms with van der Waals surface area (Å²) in [6.45, 7) is 3.66. The first-order chi connectivity index (χ1) is 15.4. The number of ether oxygens (including phenoxy) is 1. The maximum Gasteiger partial charge on any atom is 0.236 e. The van der Waals surface area contributed by atoms with E-state index in [2.05, 4.69) is 17.4 Å². The van der Waals surface area contributed by atoms with Crippen molar-refractivity contribution >= 4 is 26.6 Å². The molecule has 0 unspecified atom stereocenters. The molecule has 2 aromatic carbocycles. The van der Waals surface area contributed by atoms with E-state index < -0.39 is 9.84 Å². The zero-order valence-electron chi connectivity index (χ0n) is 18.0. The Morgan fingerprint density at radius 3 is 2.69 bits per heavy atom. The van der Waals surface area contributed by atoms with Gasteiger partial charge in [0.1, 0.15) is 5.82 Å². The molecule has 3 heterocycles. The summed E-state index contributed by atoms with van der Waals surface area (Å²) in [4.78, 5) is 10.0. The van der Waals surface area contributed by atoms with Gasteiger partial charge in [0.15, 0.2) is 9.84 Å². The third-order valence-corrected chi connectivity index (χ3v) is 6.86. The van der Waals surface area contributed by atoms with Gasteiger partial charge in [-0.3, -0.25) is 4.57 Å². The largest absolute Gasteiger partial charge is 0.376 e. The number of nitrogens with zero attached hydrogens (tertiary/aromatic N) is 3. The topological polar surface area (TPSA) is 86.1 Å². The molecule has 7 nitrogen and oxygen atoms in total. The van der Waals surface area contributed by atoms with Crippen LogP contribution in [-0.4, -0.2) is 35.8 Å². The second kappa shape index (κ2) is 8.03. The lowest BCUT2D eigenvalue weighted by Gasteiger charge is -2.21. The Morgan fingerprint density at radius 2 is 1.91 bits per heavy atom. The van der Waals surface area contributed by atoms with Gasteiger partial charge < -0.3 is 10.1 Å². The van der Waals surface area contributed by atoms with Crippen molar-refractivity contribution in [3.63, 3.8) is 0 Å². The molecule has 1 aliphatic rings. The summed E-state index contributed by atoms with van der Waals surface area (Å²) in [6, 6.07) is 17.3. The van der Waals surface area contributed by atoms with Crippen LogP contribution in [0.4, 0.5) is 5.82 Å². The van der Waals surface area contributed by atoms with Crippen LogP contribution in [-0.2, 0) is 34.1 Å². The van der Waals surface area contributed by atoms with Crippen LogP contribution in [0.3, 0.4) is 0 Å². The molecule has 0 saturated heterocycles. The first-order valence-corrected chi connectivity index (χ1v) is 12.4. The van der Waals surface area contributed by atoms with Gasteiger partial charge in [-0.1, -0.05) is 36.4 Å². The fraction of sp³-hybridized carbons (Fsp3) is 0.250. The Labute approximate surface area is 187 Å². The van der Waals surface area contributed by atoms with Crippen LogP contribution in [0.1, 0.15) is 22.5 Å². The van der Waals surface area contributed by atoms with Gasteiger partial charge in [-0.05, 0) is 30.7 Å². The molecule has 4 aromatic rings. The molecule has 1 N–H and O–H groups in total. The van der Waals surface area contributed by atoms with Crippen LogP contribution in [0, 0.1) is 6.92 Å². The Kier molecular flexibility index (Phi) is 5.19. The fourth-order valence-corrected chi connectivity index (χ4v) is 5.06. The van der Waals surface area contributed by atoms with Crippen LogP contribution in [0.5, 0.6) is 0 Å². The van der Waals surface area contributed by atoms with Gasteiger partial charge in [-0.25, -0.2) is 13.4 Å². The average Bonchev–Trinajstić information content (AvgIpc) is 3.13. The van der Waals surface area contributed by atoms with Crippen molar-refractivity contribution in [2.24, 2.45) is 0 Å². The van der Waals surface area contributed by atoms with Crippen molar-refractivity contribution in [2.75, 3.05) is 18.2 Å². The highest BCUT2D eigenvalue weighted by Crippen LogP contribution is 2.30. The van der Waals surface area contributed by atoms with E-state index in [-0.39, 0.29) is 0 Å². The van der Waals surface area contributed by atoms with E-state index in [1.807, 2.05) is 41.8 Å². The highest BCUT2D eigenvalue weighted by atomic mass is 32.2. The molecule has 0 spiro atoms. The summed E-state index contributed by atoms with van der Waals surface area (Å²) in [5, 5.41) is 4.13. The Bertz CT molecular complexity index is 1410. The Hall–Kier alpha value is -3.23. The predicted octanol–water partition coefficient (Wildman–Crippen LogP) is 3.82. The highest BCUT2D eigenvalue weighted by molar-refractivity contribution is 7.91. The van der Waals surface area contributed by atoms with Crippen molar-refractivity contribution in [3.05, 3.63) is 77.1 Å². The molecule has 0 radical (unpaired) electrons. The second-order valence-corrected chi connectivity index (χ2v) is 10.0. The number of anilines is 1. The van der Waals surface area contributed by atoms with E-state index in [1.54, 1.807) is 12.1 Å². The van der Waals surface area contributed by atoms with Crippen LogP contribution < -0.4 is 5.32 Å². The number of aromatic nitrogens is 3. The van der Waals surface area contributed by atoms with Crippen LogP contribution in [0.25, 0.3) is 16.9 Å². The zero-order chi connectivity index (χ0) is 22.3. The third-order valence-electron chi connectivity index (χ3n) is 5.70. The summed E-state index contributed by atoms with van der Waals surface area (Å²) in [5.41, 5.74) is 4.72. The minimum absolute atomic E-state index is 0.311. The van der Waals surface area contributed by atoms with E-state index >= 15 is 0 Å². The fourth-order valence-electron chi connectivity index (χ4n) is 4.17. The molecule has 0 amide bonds. The quantitative estimate of drug-likeness (QED) is 0.500. The average molecular weight is 449 g/mol.